The van der Waals surface area contributed by atoms with Crippen LogP contribution < -0.4 is 4.90 Å². The number of methoxy groups -OCH3 is 1. The first-order valence-corrected chi connectivity index (χ1v) is 6.84. The highest BCUT2D eigenvalue weighted by Crippen LogP contribution is 2.34. The van der Waals surface area contributed by atoms with Gasteiger partial charge in [0.1, 0.15) is 5.69 Å². The van der Waals surface area contributed by atoms with Gasteiger partial charge in [-0.3, -0.25) is 20.1 Å². The molecule has 0 radical (unpaired) electrons. The zero-order chi connectivity index (χ0) is 17.0. The molecule has 2 aromatic rings. The van der Waals surface area contributed by atoms with E-state index >= 15 is 0 Å². The average molecular weight is 337 g/mol. The average Bonchev–Trinajstić information content (AvgIpc) is 2.54. The number of nitrogens with zero attached hydrogens (tertiary/aromatic N) is 4. The quantitative estimate of drug-likeness (QED) is 0.469. The number of halogens is 1. The SMILES string of the molecule is COC(=O)c1cc([N+](=O)[O-])c(N(C)Cc2cnccn2)cc1Cl. The van der Waals surface area contributed by atoms with Crippen LogP contribution in [0.2, 0.25) is 5.02 Å². The first-order valence-electron chi connectivity index (χ1n) is 6.46. The summed E-state index contributed by atoms with van der Waals surface area (Å²) in [7, 11) is 2.84. The van der Waals surface area contributed by atoms with Gasteiger partial charge in [-0.15, -0.1) is 0 Å². The van der Waals surface area contributed by atoms with Gasteiger partial charge in [0.15, 0.2) is 0 Å². The Hall–Kier alpha value is -2.74. The maximum absolute atomic E-state index is 11.6. The molecule has 0 atom stereocenters. The van der Waals surface area contributed by atoms with Crippen LogP contribution in [-0.4, -0.2) is 35.0 Å². The largest absolute Gasteiger partial charge is 0.465 e. The summed E-state index contributed by atoms with van der Waals surface area (Å²) in [6.45, 7) is 0.294. The minimum absolute atomic E-state index is 0.0579. The molecule has 2 rings (SSSR count). The summed E-state index contributed by atoms with van der Waals surface area (Å²) in [5.74, 6) is -0.735. The highest BCUT2D eigenvalue weighted by molar-refractivity contribution is 6.34. The van der Waals surface area contributed by atoms with Gasteiger partial charge in [-0.2, -0.15) is 0 Å². The molecular weight excluding hydrogens is 324 g/mol. The molecule has 23 heavy (non-hydrogen) atoms. The number of nitro benzene ring substituents is 1. The van der Waals surface area contributed by atoms with E-state index in [1.54, 1.807) is 18.1 Å². The second kappa shape index (κ2) is 7.01. The third-order valence-corrected chi connectivity index (χ3v) is 3.41. The summed E-state index contributed by atoms with van der Waals surface area (Å²) in [5, 5.41) is 11.4. The molecule has 0 saturated carbocycles. The number of rotatable bonds is 5. The van der Waals surface area contributed by atoms with Gasteiger partial charge in [0.05, 0.1) is 41.1 Å². The van der Waals surface area contributed by atoms with Gasteiger partial charge in [0.25, 0.3) is 5.69 Å². The Morgan fingerprint density at radius 1 is 1.43 bits per heavy atom. The second-order valence-electron chi connectivity index (χ2n) is 4.62. The number of nitro groups is 1. The molecule has 0 spiro atoms. The van der Waals surface area contributed by atoms with Gasteiger partial charge < -0.3 is 9.64 Å². The lowest BCUT2D eigenvalue weighted by Crippen LogP contribution is -2.19. The van der Waals surface area contributed by atoms with E-state index in [0.717, 1.165) is 6.07 Å². The van der Waals surface area contributed by atoms with Gasteiger partial charge >= 0.3 is 5.97 Å². The predicted molar refractivity (Wildman–Crippen MR) is 83.6 cm³/mol. The smallest absolute Gasteiger partial charge is 0.339 e. The number of carbonyl (C=O) groups excluding carboxylic acids is 1. The van der Waals surface area contributed by atoms with E-state index in [1.807, 2.05) is 0 Å². The lowest BCUT2D eigenvalue weighted by molar-refractivity contribution is -0.384. The molecule has 8 nitrogen and oxygen atoms in total. The van der Waals surface area contributed by atoms with E-state index < -0.39 is 10.9 Å². The Labute approximate surface area is 136 Å². The predicted octanol–water partition coefficient (Wildman–Crippen LogP) is 2.46. The molecule has 0 aliphatic heterocycles. The molecule has 0 fully saturated rings. The summed E-state index contributed by atoms with van der Waals surface area (Å²) in [5.41, 5.74) is 0.592. The van der Waals surface area contributed by atoms with Crippen LogP contribution in [0.25, 0.3) is 0 Å². The number of hydrogen-bond acceptors (Lipinski definition) is 7. The molecule has 1 aromatic heterocycles. The number of benzene rings is 1. The summed E-state index contributed by atoms with van der Waals surface area (Å²) in [4.78, 5) is 32.0. The van der Waals surface area contributed by atoms with Crippen molar-refractivity contribution in [2.75, 3.05) is 19.1 Å². The maximum atomic E-state index is 11.6. The summed E-state index contributed by atoms with van der Waals surface area (Å²) in [6, 6.07) is 2.47. The molecule has 9 heteroatoms. The van der Waals surface area contributed by atoms with Crippen molar-refractivity contribution in [3.63, 3.8) is 0 Å². The number of aromatic nitrogens is 2. The fourth-order valence-electron chi connectivity index (χ4n) is 2.01. The summed E-state index contributed by atoms with van der Waals surface area (Å²) < 4.78 is 4.57. The highest BCUT2D eigenvalue weighted by atomic mass is 35.5. The van der Waals surface area contributed by atoms with E-state index in [0.29, 0.717) is 12.2 Å². The third kappa shape index (κ3) is 3.72. The van der Waals surface area contributed by atoms with E-state index in [-0.39, 0.29) is 22.0 Å². The van der Waals surface area contributed by atoms with Crippen molar-refractivity contribution in [3.8, 4) is 0 Å². The van der Waals surface area contributed by atoms with Crippen molar-refractivity contribution in [2.24, 2.45) is 0 Å². The standard InChI is InChI=1S/C14H13ClN4O4/c1-18(8-9-7-16-3-4-17-9)12-6-11(15)10(14(20)23-2)5-13(12)19(21)22/h3-7H,8H2,1-2H3. The van der Waals surface area contributed by atoms with Crippen LogP contribution in [0.3, 0.4) is 0 Å². The van der Waals surface area contributed by atoms with Crippen molar-refractivity contribution < 1.29 is 14.5 Å². The minimum Gasteiger partial charge on any atom is -0.465 e. The fourth-order valence-corrected chi connectivity index (χ4v) is 2.24. The number of anilines is 1. The van der Waals surface area contributed by atoms with Gasteiger partial charge in [0, 0.05) is 25.5 Å². The van der Waals surface area contributed by atoms with E-state index in [2.05, 4.69) is 14.7 Å². The Morgan fingerprint density at radius 2 is 2.17 bits per heavy atom. The van der Waals surface area contributed by atoms with Crippen molar-refractivity contribution >= 4 is 28.9 Å². The molecule has 0 amide bonds. The first kappa shape index (κ1) is 16.6. The lowest BCUT2D eigenvalue weighted by Gasteiger charge is -2.19. The lowest BCUT2D eigenvalue weighted by atomic mass is 10.1. The van der Waals surface area contributed by atoms with Crippen LogP contribution in [0.4, 0.5) is 11.4 Å². The van der Waals surface area contributed by atoms with Crippen LogP contribution in [0.1, 0.15) is 16.1 Å². The molecule has 120 valence electrons. The van der Waals surface area contributed by atoms with Crippen LogP contribution in [0.5, 0.6) is 0 Å². The molecular formula is C14H13ClN4O4. The number of ether oxygens (including phenoxy) is 1. The highest BCUT2D eigenvalue weighted by Gasteiger charge is 2.24. The van der Waals surface area contributed by atoms with Crippen LogP contribution >= 0.6 is 11.6 Å². The summed E-state index contributed by atoms with van der Waals surface area (Å²) >= 11 is 6.05. The monoisotopic (exact) mass is 336 g/mol. The zero-order valence-corrected chi connectivity index (χ0v) is 13.1. The molecule has 0 saturated heterocycles. The van der Waals surface area contributed by atoms with Crippen molar-refractivity contribution in [1.82, 2.24) is 9.97 Å². The fraction of sp³-hybridized carbons (Fsp3) is 0.214. The van der Waals surface area contributed by atoms with Gasteiger partial charge in [0.2, 0.25) is 0 Å². The van der Waals surface area contributed by atoms with Crippen molar-refractivity contribution in [2.45, 2.75) is 6.54 Å². The van der Waals surface area contributed by atoms with Crippen LogP contribution in [0, 0.1) is 10.1 Å². The first-order chi connectivity index (χ1) is 10.9. The molecule has 0 aliphatic carbocycles. The van der Waals surface area contributed by atoms with Crippen molar-refractivity contribution in [1.29, 1.82) is 0 Å². The Morgan fingerprint density at radius 3 is 2.74 bits per heavy atom. The Kier molecular flexibility index (Phi) is 5.07. The molecule has 1 heterocycles. The molecule has 0 N–H and O–H groups in total. The number of hydrogen-bond donors (Lipinski definition) is 0. The van der Waals surface area contributed by atoms with Gasteiger partial charge in [-0.05, 0) is 6.07 Å². The van der Waals surface area contributed by atoms with Crippen LogP contribution in [0.15, 0.2) is 30.7 Å². The van der Waals surface area contributed by atoms with E-state index in [4.69, 9.17) is 11.6 Å². The normalized spacial score (nSPS) is 10.2. The van der Waals surface area contributed by atoms with E-state index in [9.17, 15) is 14.9 Å². The van der Waals surface area contributed by atoms with Crippen LogP contribution in [-0.2, 0) is 11.3 Å². The van der Waals surface area contributed by atoms with Gasteiger partial charge in [-0.1, -0.05) is 11.6 Å². The number of esters is 1. The van der Waals surface area contributed by atoms with E-state index in [1.165, 1.54) is 25.6 Å². The third-order valence-electron chi connectivity index (χ3n) is 3.09. The van der Waals surface area contributed by atoms with Gasteiger partial charge in [-0.25, -0.2) is 4.79 Å². The maximum Gasteiger partial charge on any atom is 0.339 e. The summed E-state index contributed by atoms with van der Waals surface area (Å²) in [6.07, 6.45) is 4.63. The molecule has 0 bridgehead atoms. The Bertz CT molecular complexity index is 739. The topological polar surface area (TPSA) is 98.5 Å². The Balaban J connectivity index is 2.42. The zero-order valence-electron chi connectivity index (χ0n) is 12.4. The number of carbonyl (C=O) groups is 1. The minimum atomic E-state index is -0.735. The van der Waals surface area contributed by atoms with Crippen molar-refractivity contribution in [3.05, 3.63) is 57.1 Å². The molecule has 0 unspecified atom stereocenters. The second-order valence-corrected chi connectivity index (χ2v) is 5.03. The molecule has 1 aromatic carbocycles. The molecule has 0 aliphatic rings.